The van der Waals surface area contributed by atoms with Crippen LogP contribution in [0.15, 0.2) is 78.2 Å². The molecule has 26 heavy (non-hydrogen) atoms. The predicted octanol–water partition coefficient (Wildman–Crippen LogP) is 4.03. The van der Waals surface area contributed by atoms with Crippen LogP contribution >= 0.6 is 0 Å². The number of para-hydroxylation sites is 1. The monoisotopic (exact) mass is 343 g/mol. The van der Waals surface area contributed by atoms with Crippen molar-refractivity contribution in [3.8, 4) is 11.5 Å². The number of rotatable bonds is 2. The molecule has 5 rings (SSSR count). The SMILES string of the molecule is Oc1ccc(C2=NN3[C@H](C2)c2ccccc2O[C@@H]3c2ccncc2)cc1. The highest BCUT2D eigenvalue weighted by Crippen LogP contribution is 2.47. The number of fused-ring (bicyclic) bond motifs is 3. The number of hydrogen-bond donors (Lipinski definition) is 1. The van der Waals surface area contributed by atoms with Gasteiger partial charge in [-0.15, -0.1) is 0 Å². The van der Waals surface area contributed by atoms with Crippen molar-refractivity contribution in [3.05, 3.63) is 89.7 Å². The summed E-state index contributed by atoms with van der Waals surface area (Å²) in [5.41, 5.74) is 4.18. The maximum absolute atomic E-state index is 9.55. The maximum atomic E-state index is 9.55. The fourth-order valence-electron chi connectivity index (χ4n) is 3.61. The van der Waals surface area contributed by atoms with Gasteiger partial charge in [-0.1, -0.05) is 18.2 Å². The van der Waals surface area contributed by atoms with Crippen molar-refractivity contribution in [2.45, 2.75) is 18.7 Å². The zero-order valence-corrected chi connectivity index (χ0v) is 14.0. The third kappa shape index (κ3) is 2.40. The summed E-state index contributed by atoms with van der Waals surface area (Å²) in [5.74, 6) is 1.16. The van der Waals surface area contributed by atoms with E-state index in [1.165, 1.54) is 0 Å². The fraction of sp³-hybridized carbons (Fsp3) is 0.143. The molecule has 0 fully saturated rings. The molecule has 0 radical (unpaired) electrons. The van der Waals surface area contributed by atoms with Crippen LogP contribution in [0.5, 0.6) is 11.5 Å². The molecule has 1 aromatic heterocycles. The first-order chi connectivity index (χ1) is 12.8. The van der Waals surface area contributed by atoms with Crippen LogP contribution < -0.4 is 4.74 Å². The number of phenols is 1. The lowest BCUT2D eigenvalue weighted by Gasteiger charge is -2.38. The Kier molecular flexibility index (Phi) is 3.38. The van der Waals surface area contributed by atoms with Crippen molar-refractivity contribution in [2.75, 3.05) is 0 Å². The van der Waals surface area contributed by atoms with Gasteiger partial charge in [-0.2, -0.15) is 5.10 Å². The quantitative estimate of drug-likeness (QED) is 0.763. The molecule has 1 N–H and O–H groups in total. The topological polar surface area (TPSA) is 58.0 Å². The molecule has 5 nitrogen and oxygen atoms in total. The average molecular weight is 343 g/mol. The first kappa shape index (κ1) is 15.0. The Labute approximate surface area is 151 Å². The van der Waals surface area contributed by atoms with E-state index in [-0.39, 0.29) is 18.0 Å². The first-order valence-electron chi connectivity index (χ1n) is 8.60. The van der Waals surface area contributed by atoms with E-state index >= 15 is 0 Å². The van der Waals surface area contributed by atoms with Gasteiger partial charge in [0.05, 0.1) is 11.8 Å². The lowest BCUT2D eigenvalue weighted by molar-refractivity contribution is -0.0190. The average Bonchev–Trinajstić information content (AvgIpc) is 3.14. The van der Waals surface area contributed by atoms with Gasteiger partial charge in [0.1, 0.15) is 11.5 Å². The molecular formula is C21H17N3O2. The summed E-state index contributed by atoms with van der Waals surface area (Å²) in [6.45, 7) is 0. The van der Waals surface area contributed by atoms with Crippen LogP contribution in [0.4, 0.5) is 0 Å². The van der Waals surface area contributed by atoms with Gasteiger partial charge in [-0.3, -0.25) is 4.98 Å². The van der Waals surface area contributed by atoms with E-state index < -0.39 is 0 Å². The van der Waals surface area contributed by atoms with Crippen molar-refractivity contribution >= 4 is 5.71 Å². The number of hydrazone groups is 1. The Morgan fingerprint density at radius 1 is 0.962 bits per heavy atom. The molecule has 0 saturated carbocycles. The van der Waals surface area contributed by atoms with Crippen LogP contribution in [0.3, 0.4) is 0 Å². The standard InChI is InChI=1S/C21H17N3O2/c25-16-7-5-14(6-8-16)18-13-19-17-3-1-2-4-20(17)26-21(24(19)23-18)15-9-11-22-12-10-15/h1-12,19,21,25H,13H2/t19-,21-/m1/s1. The molecule has 0 saturated heterocycles. The second-order valence-electron chi connectivity index (χ2n) is 6.48. The molecule has 2 atom stereocenters. The van der Waals surface area contributed by atoms with Gasteiger partial charge in [0.25, 0.3) is 0 Å². The second kappa shape index (κ2) is 5.88. The first-order valence-corrected chi connectivity index (χ1v) is 8.60. The van der Waals surface area contributed by atoms with Gasteiger partial charge in [-0.05, 0) is 48.0 Å². The van der Waals surface area contributed by atoms with Crippen molar-refractivity contribution < 1.29 is 9.84 Å². The summed E-state index contributed by atoms with van der Waals surface area (Å²) in [4.78, 5) is 4.11. The molecule has 5 heteroatoms. The number of nitrogens with zero attached hydrogens (tertiary/aromatic N) is 3. The van der Waals surface area contributed by atoms with Gasteiger partial charge >= 0.3 is 0 Å². The highest BCUT2D eigenvalue weighted by molar-refractivity contribution is 6.02. The number of hydrogen-bond acceptors (Lipinski definition) is 5. The van der Waals surface area contributed by atoms with Crippen molar-refractivity contribution in [1.82, 2.24) is 9.99 Å². The zero-order chi connectivity index (χ0) is 17.5. The number of ether oxygens (including phenoxy) is 1. The normalized spacial score (nSPS) is 20.8. The Balaban J connectivity index is 1.59. The number of benzene rings is 2. The third-order valence-corrected chi connectivity index (χ3v) is 4.89. The molecule has 0 spiro atoms. The molecule has 0 aliphatic carbocycles. The Morgan fingerprint density at radius 2 is 1.73 bits per heavy atom. The van der Waals surface area contributed by atoms with E-state index in [9.17, 15) is 5.11 Å². The lowest BCUT2D eigenvalue weighted by atomic mass is 9.96. The number of aromatic hydroxyl groups is 1. The molecule has 0 amide bonds. The second-order valence-corrected chi connectivity index (χ2v) is 6.48. The Bertz CT molecular complexity index is 970. The fourth-order valence-corrected chi connectivity index (χ4v) is 3.61. The number of pyridine rings is 1. The highest BCUT2D eigenvalue weighted by Gasteiger charge is 2.40. The molecule has 3 aromatic rings. The summed E-state index contributed by atoms with van der Waals surface area (Å²) < 4.78 is 6.29. The Hall–Kier alpha value is -3.34. The zero-order valence-electron chi connectivity index (χ0n) is 14.0. The van der Waals surface area contributed by atoms with E-state index in [1.54, 1.807) is 24.5 Å². The molecule has 0 bridgehead atoms. The van der Waals surface area contributed by atoms with E-state index in [1.807, 2.05) is 47.5 Å². The van der Waals surface area contributed by atoms with Gasteiger partial charge in [0, 0.05) is 29.9 Å². The highest BCUT2D eigenvalue weighted by atomic mass is 16.5. The summed E-state index contributed by atoms with van der Waals surface area (Å²) in [6, 6.07) is 19.4. The van der Waals surface area contributed by atoms with Gasteiger partial charge in [0.2, 0.25) is 6.23 Å². The Morgan fingerprint density at radius 3 is 2.54 bits per heavy atom. The minimum absolute atomic E-state index is 0.127. The van der Waals surface area contributed by atoms with E-state index in [0.717, 1.165) is 34.6 Å². The predicted molar refractivity (Wildman–Crippen MR) is 97.9 cm³/mol. The molecule has 3 heterocycles. The van der Waals surface area contributed by atoms with Crippen molar-refractivity contribution in [2.24, 2.45) is 5.10 Å². The van der Waals surface area contributed by atoms with Gasteiger partial charge < -0.3 is 9.84 Å². The molecular weight excluding hydrogens is 326 g/mol. The minimum atomic E-state index is -0.285. The minimum Gasteiger partial charge on any atom is -0.508 e. The largest absolute Gasteiger partial charge is 0.508 e. The molecule has 2 aliphatic rings. The number of aromatic nitrogens is 1. The van der Waals surface area contributed by atoms with Crippen LogP contribution in [0.1, 0.15) is 35.4 Å². The molecule has 128 valence electrons. The van der Waals surface area contributed by atoms with Crippen molar-refractivity contribution in [1.29, 1.82) is 0 Å². The lowest BCUT2D eigenvalue weighted by Crippen LogP contribution is -2.33. The summed E-state index contributed by atoms with van der Waals surface area (Å²) in [5, 5.41) is 16.5. The number of phenolic OH excluding ortho intramolecular Hbond substituents is 1. The van der Waals surface area contributed by atoms with E-state index in [4.69, 9.17) is 9.84 Å². The third-order valence-electron chi connectivity index (χ3n) is 4.89. The van der Waals surface area contributed by atoms with Crippen LogP contribution in [0.2, 0.25) is 0 Å². The summed E-state index contributed by atoms with van der Waals surface area (Å²) in [6.07, 6.45) is 4.06. The summed E-state index contributed by atoms with van der Waals surface area (Å²) in [7, 11) is 0. The van der Waals surface area contributed by atoms with E-state index in [0.29, 0.717) is 0 Å². The molecule has 2 aliphatic heterocycles. The van der Waals surface area contributed by atoms with Crippen LogP contribution in [0.25, 0.3) is 0 Å². The van der Waals surface area contributed by atoms with Crippen LogP contribution in [0, 0.1) is 0 Å². The molecule has 2 aromatic carbocycles. The van der Waals surface area contributed by atoms with Crippen LogP contribution in [-0.4, -0.2) is 20.8 Å². The van der Waals surface area contributed by atoms with E-state index in [2.05, 4.69) is 11.1 Å². The van der Waals surface area contributed by atoms with Gasteiger partial charge in [-0.25, -0.2) is 5.01 Å². The van der Waals surface area contributed by atoms with Crippen LogP contribution in [-0.2, 0) is 0 Å². The maximum Gasteiger partial charge on any atom is 0.213 e. The summed E-state index contributed by atoms with van der Waals surface area (Å²) >= 11 is 0. The van der Waals surface area contributed by atoms with Crippen molar-refractivity contribution in [3.63, 3.8) is 0 Å². The smallest absolute Gasteiger partial charge is 0.213 e. The molecule has 0 unspecified atom stereocenters. The van der Waals surface area contributed by atoms with Gasteiger partial charge in [0.15, 0.2) is 0 Å².